The molecule has 0 saturated heterocycles. The Bertz CT molecular complexity index is 701. The number of hydrogen-bond donors (Lipinski definition) is 2. The highest BCUT2D eigenvalue weighted by Gasteiger charge is 2.06. The van der Waals surface area contributed by atoms with Crippen LogP contribution in [0.3, 0.4) is 0 Å². The second kappa shape index (κ2) is 7.88. The zero-order chi connectivity index (χ0) is 16.8. The molecule has 2 aromatic rings. The first kappa shape index (κ1) is 17.2. The SMILES string of the molecule is Cc1ccc(OCCNC(=O)Nc2cccc(Cl)c2C)cc1C. The number of anilines is 1. The predicted octanol–water partition coefficient (Wildman–Crippen LogP) is 4.47. The highest BCUT2D eigenvalue weighted by Crippen LogP contribution is 2.22. The van der Waals surface area contributed by atoms with Crippen molar-refractivity contribution < 1.29 is 9.53 Å². The van der Waals surface area contributed by atoms with Gasteiger partial charge in [0, 0.05) is 10.7 Å². The molecule has 0 heterocycles. The summed E-state index contributed by atoms with van der Waals surface area (Å²) >= 11 is 6.02. The van der Waals surface area contributed by atoms with E-state index in [4.69, 9.17) is 16.3 Å². The van der Waals surface area contributed by atoms with Gasteiger partial charge in [-0.25, -0.2) is 4.79 Å². The third kappa shape index (κ3) is 4.89. The Labute approximate surface area is 141 Å². The smallest absolute Gasteiger partial charge is 0.319 e. The van der Waals surface area contributed by atoms with Crippen molar-refractivity contribution in [1.82, 2.24) is 5.32 Å². The van der Waals surface area contributed by atoms with E-state index < -0.39 is 0 Å². The molecule has 2 aromatic carbocycles. The van der Waals surface area contributed by atoms with Crippen LogP contribution in [-0.2, 0) is 0 Å². The van der Waals surface area contributed by atoms with Crippen LogP contribution in [0, 0.1) is 20.8 Å². The molecule has 0 aliphatic heterocycles. The lowest BCUT2D eigenvalue weighted by molar-refractivity contribution is 0.247. The van der Waals surface area contributed by atoms with Gasteiger partial charge in [-0.05, 0) is 61.7 Å². The van der Waals surface area contributed by atoms with Gasteiger partial charge in [0.25, 0.3) is 0 Å². The molecule has 0 aromatic heterocycles. The van der Waals surface area contributed by atoms with Gasteiger partial charge < -0.3 is 15.4 Å². The number of benzene rings is 2. The Kier molecular flexibility index (Phi) is 5.88. The first-order valence-electron chi connectivity index (χ1n) is 7.47. The average molecular weight is 333 g/mol. The van der Waals surface area contributed by atoms with E-state index >= 15 is 0 Å². The summed E-state index contributed by atoms with van der Waals surface area (Å²) in [5, 5.41) is 6.16. The summed E-state index contributed by atoms with van der Waals surface area (Å²) in [6.07, 6.45) is 0. The van der Waals surface area contributed by atoms with Crippen LogP contribution >= 0.6 is 11.6 Å². The summed E-state index contributed by atoms with van der Waals surface area (Å²) in [7, 11) is 0. The van der Waals surface area contributed by atoms with Gasteiger partial charge in [-0.15, -0.1) is 0 Å². The van der Waals surface area contributed by atoms with Crippen LogP contribution in [-0.4, -0.2) is 19.2 Å². The fourth-order valence-corrected chi connectivity index (χ4v) is 2.22. The summed E-state index contributed by atoms with van der Waals surface area (Å²) in [5.41, 5.74) is 3.96. The van der Waals surface area contributed by atoms with E-state index in [0.29, 0.717) is 23.9 Å². The predicted molar refractivity (Wildman–Crippen MR) is 94.6 cm³/mol. The lowest BCUT2D eigenvalue weighted by Crippen LogP contribution is -2.32. The number of ether oxygens (including phenoxy) is 1. The van der Waals surface area contributed by atoms with Crippen LogP contribution in [0.25, 0.3) is 0 Å². The number of amides is 2. The number of hydrogen-bond acceptors (Lipinski definition) is 2. The maximum absolute atomic E-state index is 11.9. The maximum atomic E-state index is 11.9. The molecule has 2 amide bonds. The van der Waals surface area contributed by atoms with E-state index in [2.05, 4.69) is 17.6 Å². The van der Waals surface area contributed by atoms with Crippen LogP contribution in [0.5, 0.6) is 5.75 Å². The molecule has 122 valence electrons. The number of halogens is 1. The molecule has 0 bridgehead atoms. The minimum Gasteiger partial charge on any atom is -0.492 e. The monoisotopic (exact) mass is 332 g/mol. The summed E-state index contributed by atoms with van der Waals surface area (Å²) in [4.78, 5) is 11.9. The number of aryl methyl sites for hydroxylation is 2. The molecule has 0 aliphatic rings. The molecule has 0 aliphatic carbocycles. The van der Waals surface area contributed by atoms with Crippen LogP contribution in [0.2, 0.25) is 5.02 Å². The van der Waals surface area contributed by atoms with E-state index in [-0.39, 0.29) is 6.03 Å². The second-order valence-corrected chi connectivity index (χ2v) is 5.80. The van der Waals surface area contributed by atoms with Crippen molar-refractivity contribution >= 4 is 23.3 Å². The topological polar surface area (TPSA) is 50.4 Å². The number of nitrogens with one attached hydrogen (secondary N) is 2. The zero-order valence-corrected chi connectivity index (χ0v) is 14.3. The molecule has 0 atom stereocenters. The van der Waals surface area contributed by atoms with Crippen molar-refractivity contribution in [3.63, 3.8) is 0 Å². The van der Waals surface area contributed by atoms with E-state index in [9.17, 15) is 4.79 Å². The average Bonchev–Trinajstić information content (AvgIpc) is 2.52. The summed E-state index contributed by atoms with van der Waals surface area (Å²) in [6, 6.07) is 11.1. The van der Waals surface area contributed by atoms with Crippen molar-refractivity contribution in [2.24, 2.45) is 0 Å². The third-order valence-corrected chi connectivity index (χ3v) is 4.06. The molecule has 5 heteroatoms. The number of rotatable bonds is 5. The normalized spacial score (nSPS) is 10.3. The first-order chi connectivity index (χ1) is 11.0. The minimum absolute atomic E-state index is 0.279. The number of carbonyl (C=O) groups is 1. The highest BCUT2D eigenvalue weighted by molar-refractivity contribution is 6.31. The Morgan fingerprint density at radius 3 is 2.65 bits per heavy atom. The van der Waals surface area contributed by atoms with Gasteiger partial charge in [0.05, 0.1) is 6.54 Å². The van der Waals surface area contributed by atoms with Crippen molar-refractivity contribution in [2.45, 2.75) is 20.8 Å². The van der Waals surface area contributed by atoms with Gasteiger partial charge in [-0.3, -0.25) is 0 Å². The first-order valence-corrected chi connectivity index (χ1v) is 7.85. The molecule has 2 N–H and O–H groups in total. The molecule has 2 rings (SSSR count). The molecular weight excluding hydrogens is 312 g/mol. The summed E-state index contributed by atoms with van der Waals surface area (Å²) < 4.78 is 5.62. The minimum atomic E-state index is -0.279. The molecule has 0 fully saturated rings. The van der Waals surface area contributed by atoms with Crippen LogP contribution in [0.4, 0.5) is 10.5 Å². The lowest BCUT2D eigenvalue weighted by Gasteiger charge is -2.12. The van der Waals surface area contributed by atoms with Gasteiger partial charge in [-0.2, -0.15) is 0 Å². The van der Waals surface area contributed by atoms with E-state index in [1.165, 1.54) is 11.1 Å². The molecule has 23 heavy (non-hydrogen) atoms. The van der Waals surface area contributed by atoms with Crippen LogP contribution < -0.4 is 15.4 Å². The van der Waals surface area contributed by atoms with Gasteiger partial charge in [0.1, 0.15) is 12.4 Å². The largest absolute Gasteiger partial charge is 0.492 e. The standard InChI is InChI=1S/C18H21ClN2O2/c1-12-7-8-15(11-13(12)2)23-10-9-20-18(22)21-17-6-4-5-16(19)14(17)3/h4-8,11H,9-10H2,1-3H3,(H2,20,21,22). The Morgan fingerprint density at radius 1 is 1.13 bits per heavy atom. The molecule has 0 spiro atoms. The van der Waals surface area contributed by atoms with Gasteiger partial charge >= 0.3 is 6.03 Å². The van der Waals surface area contributed by atoms with Gasteiger partial charge in [-0.1, -0.05) is 23.7 Å². The third-order valence-electron chi connectivity index (χ3n) is 3.65. The quantitative estimate of drug-likeness (QED) is 0.794. The van der Waals surface area contributed by atoms with Crippen molar-refractivity contribution in [2.75, 3.05) is 18.5 Å². The second-order valence-electron chi connectivity index (χ2n) is 5.39. The lowest BCUT2D eigenvalue weighted by atomic mass is 10.1. The van der Waals surface area contributed by atoms with Crippen molar-refractivity contribution in [3.8, 4) is 5.75 Å². The zero-order valence-electron chi connectivity index (χ0n) is 13.6. The Hall–Kier alpha value is -2.20. The molecular formula is C18H21ClN2O2. The highest BCUT2D eigenvalue weighted by atomic mass is 35.5. The number of urea groups is 1. The van der Waals surface area contributed by atoms with Gasteiger partial charge in [0.15, 0.2) is 0 Å². The molecule has 0 radical (unpaired) electrons. The van der Waals surface area contributed by atoms with Crippen molar-refractivity contribution in [3.05, 3.63) is 58.1 Å². The molecule has 0 saturated carbocycles. The molecule has 4 nitrogen and oxygen atoms in total. The van der Waals surface area contributed by atoms with Crippen LogP contribution in [0.1, 0.15) is 16.7 Å². The number of carbonyl (C=O) groups excluding carboxylic acids is 1. The van der Waals surface area contributed by atoms with Crippen molar-refractivity contribution in [1.29, 1.82) is 0 Å². The fourth-order valence-electron chi connectivity index (χ4n) is 2.05. The van der Waals surface area contributed by atoms with E-state index in [1.54, 1.807) is 12.1 Å². The molecule has 0 unspecified atom stereocenters. The maximum Gasteiger partial charge on any atom is 0.319 e. The summed E-state index contributed by atoms with van der Waals surface area (Å²) in [5.74, 6) is 0.806. The van der Waals surface area contributed by atoms with E-state index in [0.717, 1.165) is 11.3 Å². The Morgan fingerprint density at radius 2 is 1.91 bits per heavy atom. The van der Waals surface area contributed by atoms with E-state index in [1.807, 2.05) is 38.1 Å². The van der Waals surface area contributed by atoms with Gasteiger partial charge in [0.2, 0.25) is 0 Å². The van der Waals surface area contributed by atoms with Crippen LogP contribution in [0.15, 0.2) is 36.4 Å². The fraction of sp³-hybridized carbons (Fsp3) is 0.278. The summed E-state index contributed by atoms with van der Waals surface area (Å²) in [6.45, 7) is 6.79. The Balaban J connectivity index is 1.76.